The van der Waals surface area contributed by atoms with Crippen LogP contribution in [0.4, 0.5) is 5.82 Å². The molecule has 2 fully saturated rings. The Balaban J connectivity index is 1.26. The highest BCUT2D eigenvalue weighted by molar-refractivity contribution is 5.94. The quantitative estimate of drug-likeness (QED) is 0.728. The van der Waals surface area contributed by atoms with Gasteiger partial charge in [-0.1, -0.05) is 0 Å². The number of hydrogen-bond donors (Lipinski definition) is 1. The van der Waals surface area contributed by atoms with Gasteiger partial charge < -0.3 is 14.5 Å². The average molecular weight is 393 g/mol. The predicted octanol–water partition coefficient (Wildman–Crippen LogP) is 2.64. The highest BCUT2D eigenvalue weighted by Gasteiger charge is 2.38. The number of fused-ring (bicyclic) bond motifs is 1. The van der Waals surface area contributed by atoms with Gasteiger partial charge in [0.05, 0.1) is 31.1 Å². The summed E-state index contributed by atoms with van der Waals surface area (Å²) in [5.74, 6) is 1.91. The van der Waals surface area contributed by atoms with Gasteiger partial charge in [0.1, 0.15) is 5.82 Å². The van der Waals surface area contributed by atoms with Crippen molar-refractivity contribution in [1.82, 2.24) is 19.9 Å². The van der Waals surface area contributed by atoms with Gasteiger partial charge in [0.25, 0.3) is 0 Å². The standard InChI is InChI=1S/C21H23N5O3/c1-13-22-12-19(29-13)16-6-14-9-20(24-11-18(14)23-10-16)25-21(27)15-7-17(8-15)26-2-4-28-5-3-26/h6,9-12,15,17H,2-5,7-8H2,1H3,(H,24,25,27). The maximum absolute atomic E-state index is 12.6. The first-order chi connectivity index (χ1) is 14.2. The molecular formula is C21H23N5O3. The number of anilines is 1. The molecule has 0 spiro atoms. The van der Waals surface area contributed by atoms with Gasteiger partial charge in [-0.25, -0.2) is 9.97 Å². The molecule has 3 aromatic rings. The number of aromatic nitrogens is 3. The summed E-state index contributed by atoms with van der Waals surface area (Å²) in [5, 5.41) is 3.86. The van der Waals surface area contributed by atoms with E-state index in [0.29, 0.717) is 23.5 Å². The van der Waals surface area contributed by atoms with Crippen molar-refractivity contribution < 1.29 is 13.9 Å². The Hall–Kier alpha value is -2.84. The average Bonchev–Trinajstić information content (AvgIpc) is 3.13. The van der Waals surface area contributed by atoms with Crippen molar-refractivity contribution in [3.8, 4) is 11.3 Å². The fourth-order valence-corrected chi connectivity index (χ4v) is 4.00. The minimum atomic E-state index is 0.0383. The molecule has 2 aliphatic rings. The molecule has 8 heteroatoms. The largest absolute Gasteiger partial charge is 0.441 e. The summed E-state index contributed by atoms with van der Waals surface area (Å²) in [7, 11) is 0. The maximum atomic E-state index is 12.6. The lowest BCUT2D eigenvalue weighted by Gasteiger charge is -2.43. The molecule has 8 nitrogen and oxygen atoms in total. The van der Waals surface area contributed by atoms with Crippen molar-refractivity contribution >= 4 is 22.6 Å². The fourth-order valence-electron chi connectivity index (χ4n) is 4.00. The zero-order chi connectivity index (χ0) is 19.8. The lowest BCUT2D eigenvalue weighted by Crippen LogP contribution is -2.52. The molecule has 0 atom stereocenters. The first-order valence-corrected chi connectivity index (χ1v) is 9.97. The van der Waals surface area contributed by atoms with E-state index in [-0.39, 0.29) is 11.8 Å². The van der Waals surface area contributed by atoms with Crippen molar-refractivity contribution in [2.45, 2.75) is 25.8 Å². The maximum Gasteiger partial charge on any atom is 0.228 e. The summed E-state index contributed by atoms with van der Waals surface area (Å²) in [6.45, 7) is 5.31. The smallest absolute Gasteiger partial charge is 0.228 e. The van der Waals surface area contributed by atoms with Crippen molar-refractivity contribution in [1.29, 1.82) is 0 Å². The van der Waals surface area contributed by atoms with Crippen LogP contribution in [0.2, 0.25) is 0 Å². The summed E-state index contributed by atoms with van der Waals surface area (Å²) in [4.78, 5) is 28.0. The summed E-state index contributed by atoms with van der Waals surface area (Å²) in [5.41, 5.74) is 1.60. The first-order valence-electron chi connectivity index (χ1n) is 9.97. The molecule has 0 aromatic carbocycles. The van der Waals surface area contributed by atoms with Gasteiger partial charge in [-0.05, 0) is 25.0 Å². The van der Waals surface area contributed by atoms with Gasteiger partial charge in [0.2, 0.25) is 5.91 Å². The number of morpholine rings is 1. The van der Waals surface area contributed by atoms with Crippen molar-refractivity contribution in [3.05, 3.63) is 36.6 Å². The van der Waals surface area contributed by atoms with E-state index in [0.717, 1.165) is 55.6 Å². The second kappa shape index (κ2) is 7.53. The van der Waals surface area contributed by atoms with Crippen LogP contribution in [0.25, 0.3) is 22.2 Å². The Kier molecular flexibility index (Phi) is 4.73. The van der Waals surface area contributed by atoms with Crippen molar-refractivity contribution in [2.75, 3.05) is 31.6 Å². The van der Waals surface area contributed by atoms with Gasteiger partial charge in [-0.2, -0.15) is 0 Å². The van der Waals surface area contributed by atoms with Gasteiger partial charge >= 0.3 is 0 Å². The van der Waals surface area contributed by atoms with Gasteiger partial charge in [-0.3, -0.25) is 14.7 Å². The Morgan fingerprint density at radius 2 is 1.93 bits per heavy atom. The molecule has 1 amide bonds. The van der Waals surface area contributed by atoms with Crippen LogP contribution in [-0.2, 0) is 9.53 Å². The number of rotatable bonds is 4. The third-order valence-corrected chi connectivity index (χ3v) is 5.77. The number of ether oxygens (including phenoxy) is 1. The number of carbonyl (C=O) groups excluding carboxylic acids is 1. The van der Waals surface area contributed by atoms with Crippen LogP contribution in [0.3, 0.4) is 0 Å². The number of carbonyl (C=O) groups is 1. The van der Waals surface area contributed by atoms with E-state index in [1.165, 1.54) is 0 Å². The molecule has 1 aliphatic carbocycles. The van der Waals surface area contributed by atoms with E-state index >= 15 is 0 Å². The number of oxazole rings is 1. The second-order valence-electron chi connectivity index (χ2n) is 7.69. The molecule has 1 saturated carbocycles. The first kappa shape index (κ1) is 18.2. The number of aryl methyl sites for hydroxylation is 1. The molecule has 150 valence electrons. The third kappa shape index (κ3) is 3.73. The van der Waals surface area contributed by atoms with Gasteiger partial charge in [-0.15, -0.1) is 0 Å². The van der Waals surface area contributed by atoms with Crippen molar-refractivity contribution in [2.24, 2.45) is 5.92 Å². The summed E-state index contributed by atoms with van der Waals surface area (Å²) < 4.78 is 11.0. The van der Waals surface area contributed by atoms with Crippen LogP contribution >= 0.6 is 0 Å². The van der Waals surface area contributed by atoms with Crippen LogP contribution in [0.15, 0.2) is 35.1 Å². The van der Waals surface area contributed by atoms with E-state index in [2.05, 4.69) is 25.2 Å². The molecule has 0 unspecified atom stereocenters. The number of nitrogens with zero attached hydrogens (tertiary/aromatic N) is 4. The van der Waals surface area contributed by atoms with Crippen LogP contribution in [-0.4, -0.2) is 58.1 Å². The Labute approximate surface area is 168 Å². The fraction of sp³-hybridized carbons (Fsp3) is 0.429. The molecule has 1 N–H and O–H groups in total. The molecule has 0 bridgehead atoms. The molecule has 4 heterocycles. The number of nitrogens with one attached hydrogen (secondary N) is 1. The molecule has 3 aromatic heterocycles. The number of amides is 1. The molecule has 1 saturated heterocycles. The van der Waals surface area contributed by atoms with Crippen LogP contribution < -0.4 is 5.32 Å². The van der Waals surface area contributed by atoms with Crippen LogP contribution in [0.1, 0.15) is 18.7 Å². The van der Waals surface area contributed by atoms with E-state index in [9.17, 15) is 4.79 Å². The highest BCUT2D eigenvalue weighted by atomic mass is 16.5. The Bertz CT molecular complexity index is 1040. The van der Waals surface area contributed by atoms with Crippen molar-refractivity contribution in [3.63, 3.8) is 0 Å². The van der Waals surface area contributed by atoms with Gasteiger partial charge in [0, 0.05) is 49.1 Å². The van der Waals surface area contributed by atoms with Gasteiger partial charge in [0.15, 0.2) is 11.7 Å². The minimum absolute atomic E-state index is 0.0383. The molecule has 1 aliphatic heterocycles. The minimum Gasteiger partial charge on any atom is -0.441 e. The summed E-state index contributed by atoms with van der Waals surface area (Å²) >= 11 is 0. The zero-order valence-corrected chi connectivity index (χ0v) is 16.3. The predicted molar refractivity (Wildman–Crippen MR) is 107 cm³/mol. The van der Waals surface area contributed by atoms with E-state index in [1.54, 1.807) is 25.5 Å². The topological polar surface area (TPSA) is 93.4 Å². The number of pyridine rings is 2. The molecular weight excluding hydrogens is 370 g/mol. The third-order valence-electron chi connectivity index (χ3n) is 5.77. The molecule has 0 radical (unpaired) electrons. The number of hydrogen-bond acceptors (Lipinski definition) is 7. The van der Waals surface area contributed by atoms with Crippen LogP contribution in [0.5, 0.6) is 0 Å². The van der Waals surface area contributed by atoms with E-state index in [4.69, 9.17) is 9.15 Å². The monoisotopic (exact) mass is 393 g/mol. The lowest BCUT2D eigenvalue weighted by atomic mass is 9.78. The Morgan fingerprint density at radius 3 is 2.69 bits per heavy atom. The summed E-state index contributed by atoms with van der Waals surface area (Å²) in [6.07, 6.45) is 6.90. The zero-order valence-electron chi connectivity index (χ0n) is 16.3. The second-order valence-corrected chi connectivity index (χ2v) is 7.69. The Morgan fingerprint density at radius 1 is 1.10 bits per heavy atom. The van der Waals surface area contributed by atoms with E-state index in [1.807, 2.05) is 12.1 Å². The summed E-state index contributed by atoms with van der Waals surface area (Å²) in [6, 6.07) is 4.32. The highest BCUT2D eigenvalue weighted by Crippen LogP contribution is 2.33. The SMILES string of the molecule is Cc1ncc(-c2cnc3cnc(NC(=O)C4CC(N5CCOCC5)C4)cc3c2)o1. The van der Waals surface area contributed by atoms with E-state index < -0.39 is 0 Å². The normalized spacial score (nSPS) is 22.4. The lowest BCUT2D eigenvalue weighted by molar-refractivity contribution is -0.125. The molecule has 5 rings (SSSR count). The molecule has 29 heavy (non-hydrogen) atoms. The van der Waals surface area contributed by atoms with Crippen LogP contribution in [0, 0.1) is 12.8 Å².